The number of hydrogen-bond acceptors (Lipinski definition) is 4. The summed E-state index contributed by atoms with van der Waals surface area (Å²) in [5.74, 6) is -0.971. The summed E-state index contributed by atoms with van der Waals surface area (Å²) < 4.78 is 5.06. The first kappa shape index (κ1) is 17.0. The van der Waals surface area contributed by atoms with Crippen LogP contribution < -0.4 is 10.1 Å². The van der Waals surface area contributed by atoms with Crippen LogP contribution in [0.3, 0.4) is 0 Å². The van der Waals surface area contributed by atoms with E-state index < -0.39 is 17.3 Å². The molecule has 1 heterocycles. The van der Waals surface area contributed by atoms with Crippen molar-refractivity contribution in [3.8, 4) is 17.0 Å². The Hall–Kier alpha value is -2.89. The molecule has 0 spiro atoms. The summed E-state index contributed by atoms with van der Waals surface area (Å²) in [4.78, 5) is 28.2. The largest absolute Gasteiger partial charge is 0.481 e. The van der Waals surface area contributed by atoms with E-state index in [0.717, 1.165) is 23.1 Å². The number of amides is 1. The van der Waals surface area contributed by atoms with E-state index in [-0.39, 0.29) is 0 Å². The average molecular weight is 340 g/mol. The fraction of sp³-hybridized carbons (Fsp3) is 0.316. The van der Waals surface area contributed by atoms with Crippen LogP contribution >= 0.6 is 0 Å². The van der Waals surface area contributed by atoms with Crippen LogP contribution in [-0.2, 0) is 9.59 Å². The van der Waals surface area contributed by atoms with Crippen molar-refractivity contribution in [2.45, 2.75) is 26.2 Å². The van der Waals surface area contributed by atoms with E-state index >= 15 is 0 Å². The predicted molar refractivity (Wildman–Crippen MR) is 93.5 cm³/mol. The molecule has 6 heteroatoms. The maximum Gasteiger partial charge on any atom is 0.319 e. The molecule has 2 aromatic rings. The Morgan fingerprint density at radius 1 is 1.20 bits per heavy atom. The highest BCUT2D eigenvalue weighted by molar-refractivity contribution is 6.09. The Bertz CT molecular complexity index is 811. The lowest BCUT2D eigenvalue weighted by Gasteiger charge is -2.35. The fourth-order valence-corrected chi connectivity index (χ4v) is 2.92. The molecule has 1 saturated carbocycles. The number of benzene rings is 1. The Balaban J connectivity index is 1.86. The molecule has 6 nitrogen and oxygen atoms in total. The van der Waals surface area contributed by atoms with E-state index in [0.29, 0.717) is 24.4 Å². The van der Waals surface area contributed by atoms with Gasteiger partial charge in [-0.25, -0.2) is 4.98 Å². The quantitative estimate of drug-likeness (QED) is 0.816. The molecular formula is C19H20N2O4. The van der Waals surface area contributed by atoms with Gasteiger partial charge >= 0.3 is 5.97 Å². The minimum atomic E-state index is -1.29. The van der Waals surface area contributed by atoms with Crippen LogP contribution in [0, 0.1) is 12.3 Å². The first-order valence-corrected chi connectivity index (χ1v) is 8.12. The van der Waals surface area contributed by atoms with Gasteiger partial charge in [0.15, 0.2) is 0 Å². The van der Waals surface area contributed by atoms with Crippen LogP contribution in [0.4, 0.5) is 5.69 Å². The highest BCUT2D eigenvalue weighted by atomic mass is 16.5. The van der Waals surface area contributed by atoms with Crippen molar-refractivity contribution in [3.63, 3.8) is 0 Å². The number of aliphatic carboxylic acids is 1. The van der Waals surface area contributed by atoms with Gasteiger partial charge in [-0.2, -0.15) is 0 Å². The van der Waals surface area contributed by atoms with Crippen LogP contribution in [0.2, 0.25) is 0 Å². The van der Waals surface area contributed by atoms with E-state index in [1.807, 2.05) is 31.2 Å². The lowest BCUT2D eigenvalue weighted by molar-refractivity contribution is -0.159. The van der Waals surface area contributed by atoms with Crippen LogP contribution in [0.5, 0.6) is 5.88 Å². The molecule has 1 aliphatic rings. The third-order valence-corrected chi connectivity index (χ3v) is 4.82. The van der Waals surface area contributed by atoms with Gasteiger partial charge in [0.25, 0.3) is 0 Å². The van der Waals surface area contributed by atoms with Gasteiger partial charge in [0.1, 0.15) is 5.41 Å². The number of aromatic nitrogens is 1. The third kappa shape index (κ3) is 3.07. The van der Waals surface area contributed by atoms with Crippen molar-refractivity contribution in [2.24, 2.45) is 5.41 Å². The molecule has 1 aliphatic carbocycles. The number of aryl methyl sites for hydroxylation is 1. The fourth-order valence-electron chi connectivity index (χ4n) is 2.92. The average Bonchev–Trinajstić information content (AvgIpc) is 2.55. The molecule has 0 radical (unpaired) electrons. The maximum absolute atomic E-state index is 12.5. The lowest BCUT2D eigenvalue weighted by atomic mass is 9.68. The van der Waals surface area contributed by atoms with Crippen molar-refractivity contribution in [1.29, 1.82) is 0 Å². The van der Waals surface area contributed by atoms with Gasteiger partial charge in [-0.1, -0.05) is 18.6 Å². The number of methoxy groups -OCH3 is 1. The van der Waals surface area contributed by atoms with Crippen LogP contribution in [0.15, 0.2) is 36.5 Å². The van der Waals surface area contributed by atoms with Crippen LogP contribution in [-0.4, -0.2) is 29.1 Å². The second-order valence-electron chi connectivity index (χ2n) is 6.31. The van der Waals surface area contributed by atoms with Gasteiger partial charge in [-0.15, -0.1) is 0 Å². The zero-order chi connectivity index (χ0) is 18.0. The van der Waals surface area contributed by atoms with Crippen molar-refractivity contribution in [3.05, 3.63) is 42.1 Å². The first-order valence-electron chi connectivity index (χ1n) is 8.12. The van der Waals surface area contributed by atoms with Gasteiger partial charge in [-0.3, -0.25) is 9.59 Å². The number of carboxylic acid groups (broad SMARTS) is 1. The van der Waals surface area contributed by atoms with E-state index in [1.165, 1.54) is 0 Å². The number of carbonyl (C=O) groups is 2. The van der Waals surface area contributed by atoms with E-state index in [2.05, 4.69) is 10.3 Å². The second-order valence-corrected chi connectivity index (χ2v) is 6.31. The number of pyridine rings is 1. The normalized spacial score (nSPS) is 15.1. The number of ether oxygens (including phenoxy) is 1. The van der Waals surface area contributed by atoms with Gasteiger partial charge in [0.05, 0.1) is 7.11 Å². The molecule has 130 valence electrons. The molecule has 25 heavy (non-hydrogen) atoms. The Morgan fingerprint density at radius 3 is 2.44 bits per heavy atom. The van der Waals surface area contributed by atoms with Crippen molar-refractivity contribution >= 4 is 17.6 Å². The zero-order valence-electron chi connectivity index (χ0n) is 14.2. The second kappa shape index (κ2) is 6.55. The number of carbonyl (C=O) groups excluding carboxylic acids is 1. The standard InChI is InChI=1S/C19H20N2O4/c1-12-4-5-13(14-6-7-16(25-2)20-11-14)10-15(12)21-17(22)19(18(23)24)8-3-9-19/h4-7,10-11H,3,8-9H2,1-2H3,(H,21,22)(H,23,24). The summed E-state index contributed by atoms with van der Waals surface area (Å²) in [6.07, 6.45) is 3.22. The first-order chi connectivity index (χ1) is 12.0. The molecule has 3 rings (SSSR count). The molecule has 0 atom stereocenters. The molecule has 0 bridgehead atoms. The summed E-state index contributed by atoms with van der Waals surface area (Å²) in [5.41, 5.74) is 1.97. The Labute approximate surface area is 145 Å². The molecule has 0 unspecified atom stereocenters. The summed E-state index contributed by atoms with van der Waals surface area (Å²) in [7, 11) is 1.56. The smallest absolute Gasteiger partial charge is 0.319 e. The number of carboxylic acids is 1. The summed E-state index contributed by atoms with van der Waals surface area (Å²) in [5, 5.41) is 12.2. The molecule has 1 fully saturated rings. The van der Waals surface area contributed by atoms with Crippen LogP contribution in [0.25, 0.3) is 11.1 Å². The lowest BCUT2D eigenvalue weighted by Crippen LogP contribution is -2.48. The number of hydrogen-bond donors (Lipinski definition) is 2. The van der Waals surface area contributed by atoms with E-state index in [1.54, 1.807) is 19.4 Å². The minimum absolute atomic E-state index is 0.384. The molecule has 1 aromatic carbocycles. The monoisotopic (exact) mass is 340 g/mol. The Morgan fingerprint density at radius 2 is 1.92 bits per heavy atom. The van der Waals surface area contributed by atoms with Gasteiger partial charge in [-0.05, 0) is 43.0 Å². The maximum atomic E-state index is 12.5. The number of nitrogens with one attached hydrogen (secondary N) is 1. The van der Waals surface area contributed by atoms with E-state index in [9.17, 15) is 14.7 Å². The summed E-state index contributed by atoms with van der Waals surface area (Å²) in [6, 6.07) is 9.31. The summed E-state index contributed by atoms with van der Waals surface area (Å²) in [6.45, 7) is 1.87. The minimum Gasteiger partial charge on any atom is -0.481 e. The van der Waals surface area contributed by atoms with Crippen molar-refractivity contribution in [2.75, 3.05) is 12.4 Å². The zero-order valence-corrected chi connectivity index (χ0v) is 14.2. The molecule has 1 amide bonds. The molecule has 2 N–H and O–H groups in total. The summed E-state index contributed by atoms with van der Waals surface area (Å²) >= 11 is 0. The van der Waals surface area contributed by atoms with E-state index in [4.69, 9.17) is 4.74 Å². The Kier molecular flexibility index (Phi) is 4.44. The highest BCUT2D eigenvalue weighted by Gasteiger charge is 2.51. The molecular weight excluding hydrogens is 320 g/mol. The van der Waals surface area contributed by atoms with Crippen molar-refractivity contribution < 1.29 is 19.4 Å². The molecule has 0 aliphatic heterocycles. The number of rotatable bonds is 5. The number of nitrogens with zero attached hydrogens (tertiary/aromatic N) is 1. The highest BCUT2D eigenvalue weighted by Crippen LogP contribution is 2.42. The molecule has 1 aromatic heterocycles. The van der Waals surface area contributed by atoms with Gasteiger partial charge in [0, 0.05) is 23.5 Å². The van der Waals surface area contributed by atoms with Gasteiger partial charge < -0.3 is 15.2 Å². The SMILES string of the molecule is COc1ccc(-c2ccc(C)c(NC(=O)C3(C(=O)O)CCC3)c2)cn1. The third-order valence-electron chi connectivity index (χ3n) is 4.82. The van der Waals surface area contributed by atoms with Crippen LogP contribution in [0.1, 0.15) is 24.8 Å². The molecule has 0 saturated heterocycles. The van der Waals surface area contributed by atoms with Crippen molar-refractivity contribution in [1.82, 2.24) is 4.98 Å². The number of anilines is 1. The topological polar surface area (TPSA) is 88.5 Å². The predicted octanol–water partition coefficient (Wildman–Crippen LogP) is 3.26. The van der Waals surface area contributed by atoms with Gasteiger partial charge in [0.2, 0.25) is 11.8 Å².